The number of hydrogen-bond acceptors (Lipinski definition) is 4. The van der Waals surface area contributed by atoms with Gasteiger partial charge in [-0.25, -0.2) is 0 Å². The Balaban J connectivity index is 1.42. The van der Waals surface area contributed by atoms with E-state index < -0.39 is 0 Å². The average Bonchev–Trinajstić information content (AvgIpc) is 2.85. The van der Waals surface area contributed by atoms with Crippen molar-refractivity contribution < 1.29 is 19.0 Å². The predicted molar refractivity (Wildman–Crippen MR) is 125 cm³/mol. The molecule has 0 aliphatic carbocycles. The second-order valence-electron chi connectivity index (χ2n) is 7.17. The fourth-order valence-corrected chi connectivity index (χ4v) is 3.09. The topological polar surface area (TPSA) is 56.8 Å². The van der Waals surface area contributed by atoms with Crippen LogP contribution in [0.1, 0.15) is 23.1 Å². The van der Waals surface area contributed by atoms with Crippen LogP contribution >= 0.6 is 0 Å². The minimum atomic E-state index is -0.00638. The summed E-state index contributed by atoms with van der Waals surface area (Å²) in [6.07, 6.45) is 6.22. The van der Waals surface area contributed by atoms with E-state index >= 15 is 0 Å². The van der Waals surface area contributed by atoms with Crippen molar-refractivity contribution >= 4 is 5.91 Å². The smallest absolute Gasteiger partial charge is 0.220 e. The van der Waals surface area contributed by atoms with Crippen molar-refractivity contribution in [2.24, 2.45) is 0 Å². The molecule has 164 valence electrons. The highest BCUT2D eigenvalue weighted by Gasteiger charge is 2.08. The lowest BCUT2D eigenvalue weighted by molar-refractivity contribution is -0.121. The Morgan fingerprint density at radius 2 is 1.62 bits per heavy atom. The van der Waals surface area contributed by atoms with Gasteiger partial charge in [0.05, 0.1) is 7.11 Å². The quantitative estimate of drug-likeness (QED) is 0.455. The summed E-state index contributed by atoms with van der Waals surface area (Å²) >= 11 is 0. The summed E-state index contributed by atoms with van der Waals surface area (Å²) in [5.41, 5.74) is 3.11. The third-order valence-corrected chi connectivity index (χ3v) is 4.84. The van der Waals surface area contributed by atoms with Gasteiger partial charge in [0.2, 0.25) is 5.91 Å². The molecule has 1 amide bonds. The minimum absolute atomic E-state index is 0.00638. The third-order valence-electron chi connectivity index (χ3n) is 4.84. The molecule has 3 aromatic rings. The van der Waals surface area contributed by atoms with Gasteiger partial charge in [0.25, 0.3) is 0 Å². The van der Waals surface area contributed by atoms with Crippen LogP contribution in [0.2, 0.25) is 0 Å². The van der Waals surface area contributed by atoms with Gasteiger partial charge in [0.15, 0.2) is 11.5 Å². The normalized spacial score (nSPS) is 10.1. The summed E-state index contributed by atoms with van der Waals surface area (Å²) in [6.45, 7) is 1.17. The molecule has 1 N–H and O–H groups in total. The number of rotatable bonds is 11. The van der Waals surface area contributed by atoms with E-state index in [9.17, 15) is 4.79 Å². The van der Waals surface area contributed by atoms with Crippen LogP contribution in [0.5, 0.6) is 17.2 Å². The summed E-state index contributed by atoms with van der Waals surface area (Å²) in [7, 11) is 1.58. The molecule has 0 unspecified atom stereocenters. The fourth-order valence-electron chi connectivity index (χ4n) is 3.09. The van der Waals surface area contributed by atoms with Gasteiger partial charge in [0, 0.05) is 13.0 Å². The van der Waals surface area contributed by atoms with E-state index in [1.54, 1.807) is 7.11 Å². The van der Waals surface area contributed by atoms with Crippen LogP contribution in [0.3, 0.4) is 0 Å². The zero-order chi connectivity index (χ0) is 22.6. The molecule has 0 aliphatic rings. The Morgan fingerprint density at radius 3 is 2.34 bits per heavy atom. The monoisotopic (exact) mass is 429 g/mol. The van der Waals surface area contributed by atoms with Crippen LogP contribution in [0.25, 0.3) is 0 Å². The van der Waals surface area contributed by atoms with Crippen molar-refractivity contribution in [2.75, 3.05) is 13.7 Å². The fraction of sp³-hybridized carbons (Fsp3) is 0.222. The molecule has 0 bridgehead atoms. The molecule has 0 aromatic heterocycles. The molecule has 0 radical (unpaired) electrons. The summed E-state index contributed by atoms with van der Waals surface area (Å²) in [5, 5.41) is 2.97. The Morgan fingerprint density at radius 1 is 0.906 bits per heavy atom. The van der Waals surface area contributed by atoms with Crippen molar-refractivity contribution in [2.45, 2.75) is 26.0 Å². The van der Waals surface area contributed by atoms with Crippen LogP contribution < -0.4 is 19.5 Å². The molecule has 0 fully saturated rings. The first-order valence-corrected chi connectivity index (χ1v) is 10.4. The highest BCUT2D eigenvalue weighted by Crippen LogP contribution is 2.28. The first-order valence-electron chi connectivity index (χ1n) is 10.4. The highest BCUT2D eigenvalue weighted by atomic mass is 16.5. The van der Waals surface area contributed by atoms with Crippen molar-refractivity contribution in [1.82, 2.24) is 5.32 Å². The largest absolute Gasteiger partial charge is 0.493 e. The molecular weight excluding hydrogens is 402 g/mol. The predicted octanol–water partition coefficient (Wildman–Crippen LogP) is 4.54. The number of amides is 1. The van der Waals surface area contributed by atoms with Crippen molar-refractivity contribution in [1.29, 1.82) is 0 Å². The summed E-state index contributed by atoms with van der Waals surface area (Å²) in [4.78, 5) is 12.3. The van der Waals surface area contributed by atoms with Crippen molar-refractivity contribution in [3.8, 4) is 29.6 Å². The number of nitrogens with one attached hydrogen (secondary N) is 1. The summed E-state index contributed by atoms with van der Waals surface area (Å²) in [5.74, 6) is 4.47. The van der Waals surface area contributed by atoms with E-state index in [1.807, 2.05) is 72.8 Å². The molecule has 32 heavy (non-hydrogen) atoms. The summed E-state index contributed by atoms with van der Waals surface area (Å²) in [6, 6.07) is 23.3. The number of benzene rings is 3. The Kier molecular flexibility index (Phi) is 8.59. The van der Waals surface area contributed by atoms with Crippen molar-refractivity contribution in [3.63, 3.8) is 0 Å². The standard InChI is InChI=1S/C27H27NO4/c1-3-17-31-25-15-13-21(18-26(25)30-2)14-16-27(29)28-19-22-9-11-23(12-10-22)20-32-24-7-5-4-6-8-24/h1,4-13,15,18H,14,16-17,19-20H2,2H3,(H,28,29). The zero-order valence-corrected chi connectivity index (χ0v) is 18.2. The molecule has 5 nitrogen and oxygen atoms in total. The van der Waals surface area contributed by atoms with Gasteiger partial charge in [-0.15, -0.1) is 6.42 Å². The van der Waals surface area contributed by atoms with Gasteiger partial charge in [-0.05, 0) is 47.4 Å². The summed E-state index contributed by atoms with van der Waals surface area (Å²) < 4.78 is 16.5. The van der Waals surface area contributed by atoms with Crippen LogP contribution in [0.4, 0.5) is 0 Å². The van der Waals surface area contributed by atoms with Crippen LogP contribution in [0.15, 0.2) is 72.8 Å². The van der Waals surface area contributed by atoms with Gasteiger partial charge >= 0.3 is 0 Å². The van der Waals surface area contributed by atoms with Gasteiger partial charge in [-0.1, -0.05) is 54.5 Å². The average molecular weight is 430 g/mol. The highest BCUT2D eigenvalue weighted by molar-refractivity contribution is 5.76. The number of carbonyl (C=O) groups excluding carboxylic acids is 1. The molecule has 0 saturated heterocycles. The molecule has 5 heteroatoms. The van der Waals surface area contributed by atoms with Crippen LogP contribution in [-0.2, 0) is 24.4 Å². The Labute approximate surface area is 189 Å². The molecule has 0 aliphatic heterocycles. The van der Waals surface area contributed by atoms with E-state index in [0.29, 0.717) is 37.5 Å². The molecule has 0 atom stereocenters. The number of aryl methyl sites for hydroxylation is 1. The van der Waals surface area contributed by atoms with Crippen LogP contribution in [-0.4, -0.2) is 19.6 Å². The van der Waals surface area contributed by atoms with E-state index in [2.05, 4.69) is 11.2 Å². The van der Waals surface area contributed by atoms with Crippen LogP contribution in [0, 0.1) is 12.3 Å². The lowest BCUT2D eigenvalue weighted by atomic mass is 10.1. The maximum atomic E-state index is 12.3. The zero-order valence-electron chi connectivity index (χ0n) is 18.2. The van der Waals surface area contributed by atoms with Gasteiger partial charge in [0.1, 0.15) is 19.0 Å². The number of para-hydroxylation sites is 1. The Hall–Kier alpha value is -3.91. The lowest BCUT2D eigenvalue weighted by Crippen LogP contribution is -2.23. The molecule has 3 aromatic carbocycles. The van der Waals surface area contributed by atoms with Gasteiger partial charge < -0.3 is 19.5 Å². The number of terminal acetylenes is 1. The molecule has 0 saturated carbocycles. The molecule has 0 heterocycles. The number of methoxy groups -OCH3 is 1. The molecule has 0 spiro atoms. The first kappa shape index (κ1) is 22.8. The lowest BCUT2D eigenvalue weighted by Gasteiger charge is -2.11. The number of ether oxygens (including phenoxy) is 3. The molecular formula is C27H27NO4. The van der Waals surface area contributed by atoms with Gasteiger partial charge in [-0.2, -0.15) is 0 Å². The van der Waals surface area contributed by atoms with E-state index in [0.717, 1.165) is 22.4 Å². The number of carbonyl (C=O) groups is 1. The van der Waals surface area contributed by atoms with E-state index in [-0.39, 0.29) is 12.5 Å². The van der Waals surface area contributed by atoms with Crippen molar-refractivity contribution in [3.05, 3.63) is 89.5 Å². The SMILES string of the molecule is C#CCOc1ccc(CCC(=O)NCc2ccc(COc3ccccc3)cc2)cc1OC. The molecule has 3 rings (SSSR count). The maximum absolute atomic E-state index is 12.3. The second kappa shape index (κ2) is 12.1. The minimum Gasteiger partial charge on any atom is -0.493 e. The van der Waals surface area contributed by atoms with E-state index in [1.165, 1.54) is 0 Å². The number of hydrogen-bond donors (Lipinski definition) is 1. The van der Waals surface area contributed by atoms with Gasteiger partial charge in [-0.3, -0.25) is 4.79 Å². The maximum Gasteiger partial charge on any atom is 0.220 e. The first-order chi connectivity index (χ1) is 15.7. The Bertz CT molecular complexity index is 1040. The third kappa shape index (κ3) is 7.10. The van der Waals surface area contributed by atoms with E-state index in [4.69, 9.17) is 20.6 Å². The second-order valence-corrected chi connectivity index (χ2v) is 7.17.